The highest BCUT2D eigenvalue weighted by Gasteiger charge is 2.24. The Balaban J connectivity index is 3.56. The van der Waals surface area contributed by atoms with Gasteiger partial charge in [-0.25, -0.2) is 0 Å². The molecular weight excluding hydrogens is 242 g/mol. The van der Waals surface area contributed by atoms with Crippen molar-refractivity contribution in [1.82, 2.24) is 0 Å². The summed E-state index contributed by atoms with van der Waals surface area (Å²) < 4.78 is 0. The molecule has 1 nitrogen and oxygen atoms in total. The molecule has 0 atom stereocenters. The van der Waals surface area contributed by atoms with Crippen LogP contribution in [0.1, 0.15) is 26.3 Å². The van der Waals surface area contributed by atoms with Gasteiger partial charge in [0.25, 0.3) is 0 Å². The minimum absolute atomic E-state index is 0.0361. The van der Waals surface area contributed by atoms with Crippen LogP contribution in [0.3, 0.4) is 0 Å². The molecule has 1 N–H and O–H groups in total. The molecule has 0 saturated carbocycles. The normalized spacial score (nSPS) is 11.9. The molecule has 0 fully saturated rings. The van der Waals surface area contributed by atoms with Crippen LogP contribution in [0.4, 0.5) is 0 Å². The minimum Gasteiger partial charge on any atom is -0.506 e. The zero-order valence-corrected chi connectivity index (χ0v) is 10.4. The zero-order valence-electron chi connectivity index (χ0n) is 8.16. The van der Waals surface area contributed by atoms with Gasteiger partial charge in [-0.1, -0.05) is 55.6 Å². The van der Waals surface area contributed by atoms with E-state index in [1.54, 1.807) is 0 Å². The molecule has 0 saturated heterocycles. The average Bonchev–Trinajstić information content (AvgIpc) is 1.98. The number of rotatable bonds is 0. The van der Waals surface area contributed by atoms with Gasteiger partial charge in [-0.2, -0.15) is 0 Å². The SMILES string of the molecule is CC(C)(C)c1c(Cl)c(O)cc(Cl)c1Cl. The summed E-state index contributed by atoms with van der Waals surface area (Å²) >= 11 is 17.8. The van der Waals surface area contributed by atoms with Crippen LogP contribution in [-0.2, 0) is 5.41 Å². The van der Waals surface area contributed by atoms with Crippen molar-refractivity contribution in [3.8, 4) is 5.75 Å². The summed E-state index contributed by atoms with van der Waals surface area (Å²) in [5.41, 5.74) is 0.419. The smallest absolute Gasteiger partial charge is 0.136 e. The molecule has 0 aliphatic carbocycles. The minimum atomic E-state index is -0.253. The van der Waals surface area contributed by atoms with Crippen molar-refractivity contribution in [1.29, 1.82) is 0 Å². The highest BCUT2D eigenvalue weighted by atomic mass is 35.5. The lowest BCUT2D eigenvalue weighted by Crippen LogP contribution is -2.12. The van der Waals surface area contributed by atoms with Gasteiger partial charge in [0, 0.05) is 6.07 Å². The van der Waals surface area contributed by atoms with Gasteiger partial charge >= 0.3 is 0 Å². The summed E-state index contributed by atoms with van der Waals surface area (Å²) in [6.07, 6.45) is 0. The number of phenols is 1. The van der Waals surface area contributed by atoms with Crippen LogP contribution in [-0.4, -0.2) is 5.11 Å². The maximum absolute atomic E-state index is 9.49. The van der Waals surface area contributed by atoms with Gasteiger partial charge in [0.05, 0.1) is 15.1 Å². The largest absolute Gasteiger partial charge is 0.506 e. The lowest BCUT2D eigenvalue weighted by Gasteiger charge is -2.23. The molecule has 0 aliphatic rings. The third-order valence-corrected chi connectivity index (χ3v) is 3.06. The van der Waals surface area contributed by atoms with E-state index < -0.39 is 0 Å². The second kappa shape index (κ2) is 3.80. The fourth-order valence-corrected chi connectivity index (χ4v) is 2.36. The number of benzene rings is 1. The number of phenolic OH excluding ortho intramolecular Hbond substituents is 1. The molecule has 78 valence electrons. The summed E-state index contributed by atoms with van der Waals surface area (Å²) in [5.74, 6) is -0.0361. The molecule has 14 heavy (non-hydrogen) atoms. The Morgan fingerprint density at radius 1 is 1.07 bits per heavy atom. The van der Waals surface area contributed by atoms with Crippen molar-refractivity contribution in [3.05, 3.63) is 26.7 Å². The van der Waals surface area contributed by atoms with Gasteiger partial charge in [-0.05, 0) is 11.0 Å². The quantitative estimate of drug-likeness (QED) is 0.667. The van der Waals surface area contributed by atoms with Gasteiger partial charge in [0.15, 0.2) is 0 Å². The molecule has 1 rings (SSSR count). The Morgan fingerprint density at radius 3 is 2.00 bits per heavy atom. The van der Waals surface area contributed by atoms with E-state index in [-0.39, 0.29) is 16.2 Å². The third kappa shape index (κ3) is 2.10. The van der Waals surface area contributed by atoms with E-state index in [0.717, 1.165) is 0 Å². The Bertz CT molecular complexity index is 340. The first-order chi connectivity index (χ1) is 6.25. The van der Waals surface area contributed by atoms with E-state index in [1.807, 2.05) is 20.8 Å². The lowest BCUT2D eigenvalue weighted by atomic mass is 9.87. The molecule has 1 aromatic rings. The van der Waals surface area contributed by atoms with Crippen LogP contribution in [0.25, 0.3) is 0 Å². The summed E-state index contributed by atoms with van der Waals surface area (Å²) in [4.78, 5) is 0. The molecule has 0 aliphatic heterocycles. The summed E-state index contributed by atoms with van der Waals surface area (Å²) in [7, 11) is 0. The molecule has 0 spiro atoms. The molecule has 0 aromatic heterocycles. The highest BCUT2D eigenvalue weighted by Crippen LogP contribution is 2.43. The van der Waals surface area contributed by atoms with E-state index >= 15 is 0 Å². The third-order valence-electron chi connectivity index (χ3n) is 1.89. The van der Waals surface area contributed by atoms with E-state index in [9.17, 15) is 5.11 Å². The van der Waals surface area contributed by atoms with E-state index in [1.165, 1.54) is 6.07 Å². The van der Waals surface area contributed by atoms with E-state index in [2.05, 4.69) is 0 Å². The van der Waals surface area contributed by atoms with Crippen LogP contribution in [0, 0.1) is 0 Å². The summed E-state index contributed by atoms with van der Waals surface area (Å²) in [5, 5.41) is 10.5. The predicted molar refractivity (Wildman–Crippen MR) is 61.8 cm³/mol. The van der Waals surface area contributed by atoms with Gasteiger partial charge < -0.3 is 5.11 Å². The summed E-state index contributed by atoms with van der Waals surface area (Å²) in [6, 6.07) is 1.35. The van der Waals surface area contributed by atoms with Crippen molar-refractivity contribution in [2.24, 2.45) is 0 Å². The van der Waals surface area contributed by atoms with Crippen LogP contribution >= 0.6 is 34.8 Å². The Morgan fingerprint density at radius 2 is 1.57 bits per heavy atom. The van der Waals surface area contributed by atoms with Crippen molar-refractivity contribution in [3.63, 3.8) is 0 Å². The molecule has 0 radical (unpaired) electrons. The van der Waals surface area contributed by atoms with Gasteiger partial charge in [-0.15, -0.1) is 0 Å². The van der Waals surface area contributed by atoms with E-state index in [0.29, 0.717) is 15.6 Å². The summed E-state index contributed by atoms with van der Waals surface area (Å²) in [6.45, 7) is 5.86. The van der Waals surface area contributed by atoms with Gasteiger partial charge in [0.1, 0.15) is 5.75 Å². The number of aromatic hydroxyl groups is 1. The molecule has 4 heteroatoms. The van der Waals surface area contributed by atoms with E-state index in [4.69, 9.17) is 34.8 Å². The highest BCUT2D eigenvalue weighted by molar-refractivity contribution is 6.44. The molecule has 0 heterocycles. The zero-order chi connectivity index (χ0) is 11.1. The van der Waals surface area contributed by atoms with Crippen LogP contribution < -0.4 is 0 Å². The fraction of sp³-hybridized carbons (Fsp3) is 0.400. The van der Waals surface area contributed by atoms with Gasteiger partial charge in [-0.3, -0.25) is 0 Å². The molecule has 1 aromatic carbocycles. The molecule has 0 bridgehead atoms. The van der Waals surface area contributed by atoms with Crippen molar-refractivity contribution >= 4 is 34.8 Å². The number of hydrogen-bond acceptors (Lipinski definition) is 1. The van der Waals surface area contributed by atoms with Crippen LogP contribution in [0.2, 0.25) is 15.1 Å². The molecule has 0 unspecified atom stereocenters. The van der Waals surface area contributed by atoms with Gasteiger partial charge in [0.2, 0.25) is 0 Å². The second-order valence-electron chi connectivity index (χ2n) is 4.13. The molecule has 0 amide bonds. The first-order valence-electron chi connectivity index (χ1n) is 4.12. The topological polar surface area (TPSA) is 20.2 Å². The fourth-order valence-electron chi connectivity index (χ4n) is 1.25. The lowest BCUT2D eigenvalue weighted by molar-refractivity contribution is 0.471. The standard InChI is InChI=1S/C10H11Cl3O/c1-10(2,3)7-8(12)5(11)4-6(14)9(7)13/h4,14H,1-3H3. The van der Waals surface area contributed by atoms with Crippen molar-refractivity contribution < 1.29 is 5.11 Å². The number of hydrogen-bond donors (Lipinski definition) is 1. The Hall–Kier alpha value is -0.110. The Kier molecular flexibility index (Phi) is 3.25. The first kappa shape index (κ1) is 12.0. The maximum atomic E-state index is 9.49. The monoisotopic (exact) mass is 252 g/mol. The van der Waals surface area contributed by atoms with Crippen molar-refractivity contribution in [2.45, 2.75) is 26.2 Å². The first-order valence-corrected chi connectivity index (χ1v) is 5.25. The average molecular weight is 254 g/mol. The van der Waals surface area contributed by atoms with Crippen LogP contribution in [0.5, 0.6) is 5.75 Å². The molecular formula is C10H11Cl3O. The maximum Gasteiger partial charge on any atom is 0.136 e. The second-order valence-corrected chi connectivity index (χ2v) is 5.29. The Labute approximate surface area is 98.6 Å². The van der Waals surface area contributed by atoms with Crippen molar-refractivity contribution in [2.75, 3.05) is 0 Å². The number of halogens is 3. The predicted octanol–water partition coefficient (Wildman–Crippen LogP) is 4.65. The van der Waals surface area contributed by atoms with Crippen LogP contribution in [0.15, 0.2) is 6.07 Å².